The molecular formula is C15H23NO. The highest BCUT2D eigenvalue weighted by molar-refractivity contribution is 5.33. The number of nitrogens with one attached hydrogen (secondary N) is 1. The standard InChI is InChI=1S/C15H23NO/c1-11-5-6-13(9-12(11)2)15(3)10-14(16-4)7-8-17-15/h5-6,9,14,16H,7-8,10H2,1-4H3. The molecule has 1 aliphatic rings. The van der Waals surface area contributed by atoms with Crippen LogP contribution in [0, 0.1) is 13.8 Å². The maximum Gasteiger partial charge on any atom is 0.0918 e. The van der Waals surface area contributed by atoms with E-state index in [9.17, 15) is 0 Å². The Hall–Kier alpha value is -0.860. The smallest absolute Gasteiger partial charge is 0.0918 e. The molecule has 1 aromatic rings. The van der Waals surface area contributed by atoms with Crippen LogP contribution < -0.4 is 5.32 Å². The SMILES string of the molecule is CNC1CCOC(C)(c2ccc(C)c(C)c2)C1. The molecule has 0 bridgehead atoms. The van der Waals surface area contributed by atoms with Gasteiger partial charge in [0.2, 0.25) is 0 Å². The molecule has 1 N–H and O–H groups in total. The van der Waals surface area contributed by atoms with Crippen LogP contribution in [0.15, 0.2) is 18.2 Å². The number of aryl methyl sites for hydroxylation is 2. The van der Waals surface area contributed by atoms with Crippen molar-refractivity contribution in [2.75, 3.05) is 13.7 Å². The first-order valence-corrected chi connectivity index (χ1v) is 6.44. The Kier molecular flexibility index (Phi) is 3.55. The Balaban J connectivity index is 2.27. The summed E-state index contributed by atoms with van der Waals surface area (Å²) in [6, 6.07) is 7.24. The van der Waals surface area contributed by atoms with Crippen LogP contribution in [-0.2, 0) is 10.3 Å². The molecule has 0 saturated carbocycles. The third kappa shape index (κ3) is 2.53. The third-order valence-corrected chi connectivity index (χ3v) is 4.05. The molecule has 1 heterocycles. The molecule has 1 aromatic carbocycles. The van der Waals surface area contributed by atoms with Crippen molar-refractivity contribution >= 4 is 0 Å². The second-order valence-corrected chi connectivity index (χ2v) is 5.36. The summed E-state index contributed by atoms with van der Waals surface area (Å²) < 4.78 is 6.04. The van der Waals surface area contributed by atoms with E-state index in [1.165, 1.54) is 16.7 Å². The summed E-state index contributed by atoms with van der Waals surface area (Å²) in [4.78, 5) is 0. The predicted octanol–water partition coefficient (Wildman–Crippen LogP) is 2.92. The Morgan fingerprint density at radius 1 is 1.29 bits per heavy atom. The molecule has 0 spiro atoms. The van der Waals surface area contributed by atoms with Gasteiger partial charge >= 0.3 is 0 Å². The molecule has 0 aromatic heterocycles. The lowest BCUT2D eigenvalue weighted by atomic mass is 9.84. The van der Waals surface area contributed by atoms with Crippen LogP contribution in [-0.4, -0.2) is 19.7 Å². The van der Waals surface area contributed by atoms with E-state index in [0.29, 0.717) is 6.04 Å². The van der Waals surface area contributed by atoms with Gasteiger partial charge in [-0.2, -0.15) is 0 Å². The van der Waals surface area contributed by atoms with Crippen LogP contribution >= 0.6 is 0 Å². The van der Waals surface area contributed by atoms with E-state index in [0.717, 1.165) is 19.4 Å². The van der Waals surface area contributed by atoms with Crippen LogP contribution in [0.25, 0.3) is 0 Å². The molecule has 0 amide bonds. The van der Waals surface area contributed by atoms with Crippen LogP contribution in [0.4, 0.5) is 0 Å². The lowest BCUT2D eigenvalue weighted by Gasteiger charge is -2.39. The quantitative estimate of drug-likeness (QED) is 0.848. The molecule has 2 atom stereocenters. The highest BCUT2D eigenvalue weighted by Crippen LogP contribution is 2.35. The normalized spacial score (nSPS) is 29.3. The van der Waals surface area contributed by atoms with E-state index in [-0.39, 0.29) is 5.60 Å². The van der Waals surface area contributed by atoms with E-state index in [4.69, 9.17) is 4.74 Å². The first kappa shape index (κ1) is 12.6. The minimum Gasteiger partial charge on any atom is -0.370 e. The van der Waals surface area contributed by atoms with E-state index >= 15 is 0 Å². The molecule has 2 heteroatoms. The monoisotopic (exact) mass is 233 g/mol. The van der Waals surface area contributed by atoms with Crippen molar-refractivity contribution in [3.63, 3.8) is 0 Å². The summed E-state index contributed by atoms with van der Waals surface area (Å²) in [6.07, 6.45) is 2.16. The first-order chi connectivity index (χ1) is 8.05. The molecular weight excluding hydrogens is 210 g/mol. The van der Waals surface area contributed by atoms with Crippen LogP contribution in [0.3, 0.4) is 0 Å². The topological polar surface area (TPSA) is 21.3 Å². The fourth-order valence-corrected chi connectivity index (χ4v) is 2.58. The predicted molar refractivity (Wildman–Crippen MR) is 71.3 cm³/mol. The summed E-state index contributed by atoms with van der Waals surface area (Å²) in [5, 5.41) is 3.37. The molecule has 2 unspecified atom stereocenters. The lowest BCUT2D eigenvalue weighted by molar-refractivity contribution is -0.0804. The van der Waals surface area contributed by atoms with Gasteiger partial charge in [-0.3, -0.25) is 0 Å². The van der Waals surface area contributed by atoms with E-state index in [2.05, 4.69) is 44.3 Å². The maximum absolute atomic E-state index is 6.04. The fourth-order valence-electron chi connectivity index (χ4n) is 2.58. The highest BCUT2D eigenvalue weighted by atomic mass is 16.5. The molecule has 1 saturated heterocycles. The van der Waals surface area contributed by atoms with Gasteiger partial charge in [-0.15, -0.1) is 0 Å². The number of rotatable bonds is 2. The maximum atomic E-state index is 6.04. The molecule has 1 fully saturated rings. The average molecular weight is 233 g/mol. The first-order valence-electron chi connectivity index (χ1n) is 6.44. The van der Waals surface area contributed by atoms with E-state index in [1.54, 1.807) is 0 Å². The molecule has 0 radical (unpaired) electrons. The van der Waals surface area contributed by atoms with Gasteiger partial charge in [0.05, 0.1) is 5.60 Å². The van der Waals surface area contributed by atoms with Crippen molar-refractivity contribution in [3.05, 3.63) is 34.9 Å². The van der Waals surface area contributed by atoms with Crippen molar-refractivity contribution in [2.24, 2.45) is 0 Å². The fraction of sp³-hybridized carbons (Fsp3) is 0.600. The second-order valence-electron chi connectivity index (χ2n) is 5.36. The van der Waals surface area contributed by atoms with Gasteiger partial charge in [-0.05, 0) is 57.4 Å². The highest BCUT2D eigenvalue weighted by Gasteiger charge is 2.34. The van der Waals surface area contributed by atoms with Gasteiger partial charge in [0.15, 0.2) is 0 Å². The minimum absolute atomic E-state index is 0.135. The molecule has 17 heavy (non-hydrogen) atoms. The zero-order valence-corrected chi connectivity index (χ0v) is 11.3. The second kappa shape index (κ2) is 4.79. The summed E-state index contributed by atoms with van der Waals surface area (Å²) >= 11 is 0. The van der Waals surface area contributed by atoms with Gasteiger partial charge in [0.25, 0.3) is 0 Å². The zero-order chi connectivity index (χ0) is 12.5. The number of ether oxygens (including phenoxy) is 1. The molecule has 2 rings (SSSR count). The molecule has 2 nitrogen and oxygen atoms in total. The lowest BCUT2D eigenvalue weighted by Crippen LogP contribution is -2.42. The minimum atomic E-state index is -0.135. The number of hydrogen-bond acceptors (Lipinski definition) is 2. The Morgan fingerprint density at radius 2 is 2.06 bits per heavy atom. The average Bonchev–Trinajstić information content (AvgIpc) is 2.32. The molecule has 0 aliphatic carbocycles. The van der Waals surface area contributed by atoms with Gasteiger partial charge in [-0.25, -0.2) is 0 Å². The van der Waals surface area contributed by atoms with E-state index < -0.39 is 0 Å². The van der Waals surface area contributed by atoms with Crippen molar-refractivity contribution in [2.45, 2.75) is 45.3 Å². The van der Waals surface area contributed by atoms with Crippen LogP contribution in [0.2, 0.25) is 0 Å². The Labute approximate surface area is 104 Å². The Bertz CT molecular complexity index is 402. The number of hydrogen-bond donors (Lipinski definition) is 1. The third-order valence-electron chi connectivity index (χ3n) is 4.05. The van der Waals surface area contributed by atoms with Gasteiger partial charge in [0, 0.05) is 12.6 Å². The van der Waals surface area contributed by atoms with Crippen LogP contribution in [0.1, 0.15) is 36.5 Å². The molecule has 1 aliphatic heterocycles. The van der Waals surface area contributed by atoms with Crippen molar-refractivity contribution in [1.82, 2.24) is 5.32 Å². The Morgan fingerprint density at radius 3 is 2.71 bits per heavy atom. The zero-order valence-electron chi connectivity index (χ0n) is 11.3. The van der Waals surface area contributed by atoms with Crippen molar-refractivity contribution in [1.29, 1.82) is 0 Å². The van der Waals surface area contributed by atoms with Crippen LogP contribution in [0.5, 0.6) is 0 Å². The van der Waals surface area contributed by atoms with E-state index in [1.807, 2.05) is 7.05 Å². The molecule has 94 valence electrons. The van der Waals surface area contributed by atoms with Crippen molar-refractivity contribution < 1.29 is 4.74 Å². The van der Waals surface area contributed by atoms with Gasteiger partial charge in [-0.1, -0.05) is 18.2 Å². The summed E-state index contributed by atoms with van der Waals surface area (Å²) in [5.41, 5.74) is 3.86. The van der Waals surface area contributed by atoms with Gasteiger partial charge < -0.3 is 10.1 Å². The number of benzene rings is 1. The summed E-state index contributed by atoms with van der Waals surface area (Å²) in [5.74, 6) is 0. The van der Waals surface area contributed by atoms with Crippen molar-refractivity contribution in [3.8, 4) is 0 Å². The summed E-state index contributed by atoms with van der Waals surface area (Å²) in [6.45, 7) is 7.37. The summed E-state index contributed by atoms with van der Waals surface area (Å²) in [7, 11) is 2.04. The largest absolute Gasteiger partial charge is 0.370 e. The van der Waals surface area contributed by atoms with Gasteiger partial charge in [0.1, 0.15) is 0 Å².